The number of ether oxygens (including phenoxy) is 2. The summed E-state index contributed by atoms with van der Waals surface area (Å²) < 4.78 is 23.3. The smallest absolute Gasteiger partial charge is 0.122 e. The van der Waals surface area contributed by atoms with Gasteiger partial charge in [-0.3, -0.25) is 4.21 Å². The minimum Gasteiger partial charge on any atom is -0.496 e. The lowest BCUT2D eigenvalue weighted by Gasteiger charge is -2.11. The topological polar surface area (TPSA) is 61.5 Å². The highest BCUT2D eigenvalue weighted by atomic mass is 32.2. The largest absolute Gasteiger partial charge is 0.496 e. The van der Waals surface area contributed by atoms with Crippen molar-refractivity contribution in [1.82, 2.24) is 0 Å². The average molecular weight is 305 g/mol. The molecule has 2 aromatic carbocycles. The Morgan fingerprint density at radius 3 is 2.67 bits per heavy atom. The van der Waals surface area contributed by atoms with Crippen molar-refractivity contribution in [2.75, 3.05) is 19.5 Å². The molecule has 5 heteroatoms. The Balaban J connectivity index is 2.25. The summed E-state index contributed by atoms with van der Waals surface area (Å²) in [7, 11) is 0.346. The second-order valence-electron chi connectivity index (χ2n) is 4.43. The molecule has 2 aromatic rings. The molecule has 0 saturated carbocycles. The summed E-state index contributed by atoms with van der Waals surface area (Å²) >= 11 is 0. The molecular weight excluding hydrogens is 286 g/mol. The van der Waals surface area contributed by atoms with E-state index in [-0.39, 0.29) is 0 Å². The van der Waals surface area contributed by atoms with E-state index in [4.69, 9.17) is 15.2 Å². The molecule has 0 fully saturated rings. The van der Waals surface area contributed by atoms with Crippen molar-refractivity contribution >= 4 is 16.5 Å². The van der Waals surface area contributed by atoms with Gasteiger partial charge in [0.05, 0.1) is 35.2 Å². The van der Waals surface area contributed by atoms with Crippen molar-refractivity contribution in [1.29, 1.82) is 0 Å². The molecule has 2 N–H and O–H groups in total. The van der Waals surface area contributed by atoms with Gasteiger partial charge >= 0.3 is 0 Å². The summed E-state index contributed by atoms with van der Waals surface area (Å²) in [6.45, 7) is 2.46. The summed E-state index contributed by atoms with van der Waals surface area (Å²) in [4.78, 5) is 0.590. The van der Waals surface area contributed by atoms with Crippen molar-refractivity contribution in [3.63, 3.8) is 0 Å². The van der Waals surface area contributed by atoms with E-state index in [1.165, 1.54) is 0 Å². The van der Waals surface area contributed by atoms with Crippen LogP contribution in [0.15, 0.2) is 47.4 Å². The molecule has 0 aromatic heterocycles. The Bertz CT molecular complexity index is 643. The molecule has 0 radical (unpaired) electrons. The molecule has 1 atom stereocenters. The van der Waals surface area contributed by atoms with Crippen LogP contribution in [0.3, 0.4) is 0 Å². The minimum atomic E-state index is -1.26. The number of methoxy groups -OCH3 is 1. The third-order valence-corrected chi connectivity index (χ3v) is 4.44. The summed E-state index contributed by atoms with van der Waals surface area (Å²) in [6.07, 6.45) is 0. The maximum absolute atomic E-state index is 12.6. The van der Waals surface area contributed by atoms with E-state index in [0.29, 0.717) is 28.7 Å². The number of para-hydroxylation sites is 1. The molecule has 0 heterocycles. The van der Waals surface area contributed by atoms with Gasteiger partial charge in [0, 0.05) is 11.3 Å². The van der Waals surface area contributed by atoms with Crippen LogP contribution >= 0.6 is 0 Å². The molecule has 0 aliphatic rings. The van der Waals surface area contributed by atoms with Gasteiger partial charge in [-0.1, -0.05) is 18.2 Å². The lowest BCUT2D eigenvalue weighted by Crippen LogP contribution is -2.03. The van der Waals surface area contributed by atoms with Crippen LogP contribution < -0.4 is 15.2 Å². The highest BCUT2D eigenvalue weighted by molar-refractivity contribution is 7.84. The Kier molecular flexibility index (Phi) is 5.22. The zero-order valence-corrected chi connectivity index (χ0v) is 13.0. The van der Waals surface area contributed by atoms with Crippen molar-refractivity contribution in [2.24, 2.45) is 0 Å². The number of hydrogen-bond donors (Lipinski definition) is 1. The maximum Gasteiger partial charge on any atom is 0.122 e. The zero-order chi connectivity index (χ0) is 15.2. The van der Waals surface area contributed by atoms with Gasteiger partial charge in [0.15, 0.2) is 0 Å². The van der Waals surface area contributed by atoms with Gasteiger partial charge in [-0.15, -0.1) is 0 Å². The van der Waals surface area contributed by atoms with E-state index in [9.17, 15) is 4.21 Å². The molecule has 4 nitrogen and oxygen atoms in total. The van der Waals surface area contributed by atoms with Crippen LogP contribution in [0.1, 0.15) is 12.5 Å². The van der Waals surface area contributed by atoms with Crippen LogP contribution in [0.2, 0.25) is 0 Å². The Morgan fingerprint density at radius 2 is 1.95 bits per heavy atom. The molecule has 112 valence electrons. The molecule has 0 aliphatic carbocycles. The van der Waals surface area contributed by atoms with Gasteiger partial charge in [0.1, 0.15) is 11.5 Å². The quantitative estimate of drug-likeness (QED) is 0.833. The first-order chi connectivity index (χ1) is 10.2. The van der Waals surface area contributed by atoms with E-state index in [1.54, 1.807) is 25.3 Å². The lowest BCUT2D eigenvalue weighted by molar-refractivity contribution is 0.339. The molecule has 0 amide bonds. The number of anilines is 1. The predicted molar refractivity (Wildman–Crippen MR) is 85.1 cm³/mol. The van der Waals surface area contributed by atoms with E-state index in [2.05, 4.69) is 0 Å². The van der Waals surface area contributed by atoms with Gasteiger partial charge in [0.2, 0.25) is 0 Å². The normalized spacial score (nSPS) is 11.9. The van der Waals surface area contributed by atoms with Gasteiger partial charge in [0.25, 0.3) is 0 Å². The molecule has 0 bridgehead atoms. The van der Waals surface area contributed by atoms with Crippen LogP contribution in [-0.4, -0.2) is 17.9 Å². The standard InChI is InChI=1S/C16H19NO3S/c1-3-20-13-8-9-14(17)16(10-13)21(18)11-12-6-4-5-7-15(12)19-2/h4-10H,3,11,17H2,1-2H3. The first kappa shape index (κ1) is 15.4. The Labute approximate surface area is 127 Å². The van der Waals surface area contributed by atoms with Crippen molar-refractivity contribution in [2.45, 2.75) is 17.6 Å². The van der Waals surface area contributed by atoms with Crippen LogP contribution in [0.4, 0.5) is 5.69 Å². The van der Waals surface area contributed by atoms with Crippen LogP contribution in [-0.2, 0) is 16.6 Å². The molecule has 0 aliphatic heterocycles. The van der Waals surface area contributed by atoms with Crippen molar-refractivity contribution < 1.29 is 13.7 Å². The summed E-state index contributed by atoms with van der Waals surface area (Å²) in [5.74, 6) is 1.75. The van der Waals surface area contributed by atoms with Crippen LogP contribution in [0.25, 0.3) is 0 Å². The number of nitrogen functional groups attached to an aromatic ring is 1. The Morgan fingerprint density at radius 1 is 1.19 bits per heavy atom. The second kappa shape index (κ2) is 7.13. The number of benzene rings is 2. The molecular formula is C16H19NO3S. The molecule has 21 heavy (non-hydrogen) atoms. The van der Waals surface area contributed by atoms with Gasteiger partial charge in [-0.2, -0.15) is 0 Å². The molecule has 0 spiro atoms. The first-order valence-corrected chi connectivity index (χ1v) is 8.00. The highest BCUT2D eigenvalue weighted by Gasteiger charge is 2.13. The zero-order valence-electron chi connectivity index (χ0n) is 12.2. The molecule has 2 rings (SSSR count). The van der Waals surface area contributed by atoms with Crippen LogP contribution in [0.5, 0.6) is 11.5 Å². The summed E-state index contributed by atoms with van der Waals surface area (Å²) in [6, 6.07) is 12.8. The van der Waals surface area contributed by atoms with Crippen LogP contribution in [0, 0.1) is 0 Å². The first-order valence-electron chi connectivity index (χ1n) is 6.68. The van der Waals surface area contributed by atoms with E-state index >= 15 is 0 Å². The number of rotatable bonds is 6. The van der Waals surface area contributed by atoms with Crippen molar-refractivity contribution in [3.05, 3.63) is 48.0 Å². The Hall–Kier alpha value is -2.01. The maximum atomic E-state index is 12.6. The van der Waals surface area contributed by atoms with E-state index in [1.807, 2.05) is 31.2 Å². The van der Waals surface area contributed by atoms with Gasteiger partial charge in [-0.05, 0) is 31.2 Å². The number of hydrogen-bond acceptors (Lipinski definition) is 4. The average Bonchev–Trinajstić information content (AvgIpc) is 2.50. The SMILES string of the molecule is CCOc1ccc(N)c(S(=O)Cc2ccccc2OC)c1. The van der Waals surface area contributed by atoms with E-state index in [0.717, 1.165) is 11.3 Å². The fourth-order valence-electron chi connectivity index (χ4n) is 2.01. The monoisotopic (exact) mass is 305 g/mol. The summed E-state index contributed by atoms with van der Waals surface area (Å²) in [5.41, 5.74) is 7.33. The minimum absolute atomic E-state index is 0.351. The van der Waals surface area contributed by atoms with Gasteiger partial charge in [-0.25, -0.2) is 0 Å². The summed E-state index contributed by atoms with van der Waals surface area (Å²) in [5, 5.41) is 0. The van der Waals surface area contributed by atoms with E-state index < -0.39 is 10.8 Å². The third kappa shape index (κ3) is 3.76. The lowest BCUT2D eigenvalue weighted by atomic mass is 10.2. The number of nitrogens with two attached hydrogens (primary N) is 1. The van der Waals surface area contributed by atoms with Crippen molar-refractivity contribution in [3.8, 4) is 11.5 Å². The second-order valence-corrected chi connectivity index (χ2v) is 5.85. The highest BCUT2D eigenvalue weighted by Crippen LogP contribution is 2.27. The third-order valence-electron chi connectivity index (χ3n) is 3.02. The predicted octanol–water partition coefficient (Wildman–Crippen LogP) is 2.98. The fraction of sp³-hybridized carbons (Fsp3) is 0.250. The molecule has 0 saturated heterocycles. The molecule has 1 unspecified atom stereocenters. The van der Waals surface area contributed by atoms with Gasteiger partial charge < -0.3 is 15.2 Å². The fourth-order valence-corrected chi connectivity index (χ4v) is 3.26.